The number of hydrogen-bond acceptors (Lipinski definition) is 3. The van der Waals surface area contributed by atoms with E-state index < -0.39 is 11.6 Å². The highest BCUT2D eigenvalue weighted by molar-refractivity contribution is 9.10. The van der Waals surface area contributed by atoms with Gasteiger partial charge in [0.15, 0.2) is 5.82 Å². The Bertz CT molecular complexity index is 525. The first-order valence-corrected chi connectivity index (χ1v) is 5.10. The Balaban J connectivity index is 2.54. The van der Waals surface area contributed by atoms with Crippen LogP contribution in [0.25, 0.3) is 11.4 Å². The highest BCUT2D eigenvalue weighted by Gasteiger charge is 2.07. The van der Waals surface area contributed by atoms with Gasteiger partial charge in [-0.2, -0.15) is 0 Å². The van der Waals surface area contributed by atoms with E-state index in [9.17, 15) is 8.78 Å². The Morgan fingerprint density at radius 1 is 1.12 bits per heavy atom. The van der Waals surface area contributed by atoms with Crippen molar-refractivity contribution in [3.63, 3.8) is 0 Å². The third kappa shape index (κ3) is 2.16. The van der Waals surface area contributed by atoms with Crippen LogP contribution in [0.3, 0.4) is 0 Å². The molecule has 0 bridgehead atoms. The van der Waals surface area contributed by atoms with Gasteiger partial charge in [0.25, 0.3) is 0 Å². The molecule has 3 nitrogen and oxygen atoms in total. The zero-order chi connectivity index (χ0) is 11.7. The lowest BCUT2D eigenvalue weighted by molar-refractivity contribution is 0.584. The standard InChI is InChI=1S/C10H6BrF2N3/c11-8-4-15-10(16-9(8)14)5-1-6(12)3-7(13)2-5/h1-4H,(H2,14,15,16). The van der Waals surface area contributed by atoms with Gasteiger partial charge in [-0.05, 0) is 28.1 Å². The molecule has 2 aromatic rings. The number of nitrogen functional groups attached to an aromatic ring is 1. The van der Waals surface area contributed by atoms with Crippen LogP contribution in [0.1, 0.15) is 0 Å². The van der Waals surface area contributed by atoms with Crippen molar-refractivity contribution < 1.29 is 8.78 Å². The molecule has 0 saturated heterocycles. The van der Waals surface area contributed by atoms with Crippen molar-refractivity contribution in [3.8, 4) is 11.4 Å². The second-order valence-corrected chi connectivity index (χ2v) is 3.94. The topological polar surface area (TPSA) is 51.8 Å². The number of anilines is 1. The minimum Gasteiger partial charge on any atom is -0.383 e. The minimum atomic E-state index is -0.680. The normalized spacial score (nSPS) is 10.4. The lowest BCUT2D eigenvalue weighted by Crippen LogP contribution is -1.97. The fourth-order valence-electron chi connectivity index (χ4n) is 1.20. The monoisotopic (exact) mass is 285 g/mol. The Labute approximate surface area is 98.5 Å². The van der Waals surface area contributed by atoms with E-state index in [0.29, 0.717) is 4.47 Å². The number of rotatable bonds is 1. The number of benzene rings is 1. The minimum absolute atomic E-state index is 0.180. The first kappa shape index (κ1) is 10.9. The van der Waals surface area contributed by atoms with Crippen molar-refractivity contribution in [3.05, 3.63) is 40.5 Å². The fourth-order valence-corrected chi connectivity index (χ4v) is 1.39. The van der Waals surface area contributed by atoms with Crippen molar-refractivity contribution in [1.29, 1.82) is 0 Å². The molecular formula is C10H6BrF2N3. The summed E-state index contributed by atoms with van der Waals surface area (Å²) in [4.78, 5) is 7.83. The molecule has 1 aromatic carbocycles. The molecule has 0 spiro atoms. The molecule has 0 aliphatic rings. The van der Waals surface area contributed by atoms with Gasteiger partial charge in [0.2, 0.25) is 0 Å². The maximum atomic E-state index is 13.0. The molecule has 1 heterocycles. The molecule has 0 aliphatic carbocycles. The van der Waals surface area contributed by atoms with Gasteiger partial charge in [0, 0.05) is 17.8 Å². The van der Waals surface area contributed by atoms with E-state index in [-0.39, 0.29) is 17.2 Å². The molecular weight excluding hydrogens is 280 g/mol. The van der Waals surface area contributed by atoms with E-state index in [1.807, 2.05) is 0 Å². The molecule has 2 rings (SSSR count). The molecule has 0 amide bonds. The summed E-state index contributed by atoms with van der Waals surface area (Å²) in [5.74, 6) is -0.964. The molecule has 0 radical (unpaired) electrons. The van der Waals surface area contributed by atoms with Crippen LogP contribution < -0.4 is 5.73 Å². The summed E-state index contributed by atoms with van der Waals surface area (Å²) in [6, 6.07) is 3.07. The van der Waals surface area contributed by atoms with Gasteiger partial charge in [-0.1, -0.05) is 0 Å². The molecule has 82 valence electrons. The average Bonchev–Trinajstić information content (AvgIpc) is 2.20. The number of nitrogens with zero attached hydrogens (tertiary/aromatic N) is 2. The quantitative estimate of drug-likeness (QED) is 0.877. The Hall–Kier alpha value is -1.56. The smallest absolute Gasteiger partial charge is 0.161 e. The van der Waals surface area contributed by atoms with Crippen molar-refractivity contribution in [2.75, 3.05) is 5.73 Å². The summed E-state index contributed by atoms with van der Waals surface area (Å²) in [6.45, 7) is 0. The first-order valence-electron chi connectivity index (χ1n) is 4.31. The SMILES string of the molecule is Nc1nc(-c2cc(F)cc(F)c2)ncc1Br. The van der Waals surface area contributed by atoms with Crippen molar-refractivity contribution >= 4 is 21.7 Å². The third-order valence-electron chi connectivity index (χ3n) is 1.89. The zero-order valence-corrected chi connectivity index (χ0v) is 9.50. The molecule has 16 heavy (non-hydrogen) atoms. The lowest BCUT2D eigenvalue weighted by atomic mass is 10.2. The third-order valence-corrected chi connectivity index (χ3v) is 2.50. The molecule has 6 heteroatoms. The summed E-state index contributed by atoms with van der Waals surface area (Å²) >= 11 is 3.13. The van der Waals surface area contributed by atoms with Gasteiger partial charge < -0.3 is 5.73 Å². The maximum absolute atomic E-state index is 13.0. The van der Waals surface area contributed by atoms with Crippen LogP contribution in [-0.2, 0) is 0 Å². The predicted octanol–water partition coefficient (Wildman–Crippen LogP) is 2.77. The summed E-state index contributed by atoms with van der Waals surface area (Å²) in [5, 5.41) is 0. The Kier molecular flexibility index (Phi) is 2.82. The van der Waals surface area contributed by atoms with Crippen LogP contribution in [-0.4, -0.2) is 9.97 Å². The number of nitrogens with two attached hydrogens (primary N) is 1. The van der Waals surface area contributed by atoms with E-state index in [2.05, 4.69) is 25.9 Å². The molecule has 0 unspecified atom stereocenters. The van der Waals surface area contributed by atoms with Crippen molar-refractivity contribution in [1.82, 2.24) is 9.97 Å². The second-order valence-electron chi connectivity index (χ2n) is 3.08. The first-order chi connectivity index (χ1) is 7.56. The lowest BCUT2D eigenvalue weighted by Gasteiger charge is -2.02. The molecule has 0 atom stereocenters. The molecule has 0 aliphatic heterocycles. The predicted molar refractivity (Wildman–Crippen MR) is 59.5 cm³/mol. The van der Waals surface area contributed by atoms with Crippen molar-refractivity contribution in [2.45, 2.75) is 0 Å². The van der Waals surface area contributed by atoms with Gasteiger partial charge in [-0.25, -0.2) is 18.7 Å². The van der Waals surface area contributed by atoms with Crippen LogP contribution in [0.4, 0.5) is 14.6 Å². The van der Waals surface area contributed by atoms with Gasteiger partial charge in [0.05, 0.1) is 4.47 Å². The van der Waals surface area contributed by atoms with Crippen LogP contribution >= 0.6 is 15.9 Å². The van der Waals surface area contributed by atoms with Crippen LogP contribution in [0.2, 0.25) is 0 Å². The number of aromatic nitrogens is 2. The maximum Gasteiger partial charge on any atom is 0.161 e. The molecule has 2 N–H and O–H groups in total. The van der Waals surface area contributed by atoms with E-state index >= 15 is 0 Å². The number of hydrogen-bond donors (Lipinski definition) is 1. The zero-order valence-electron chi connectivity index (χ0n) is 7.92. The van der Waals surface area contributed by atoms with Gasteiger partial charge >= 0.3 is 0 Å². The highest BCUT2D eigenvalue weighted by atomic mass is 79.9. The molecule has 1 aromatic heterocycles. The van der Waals surface area contributed by atoms with Gasteiger partial charge in [-0.3, -0.25) is 0 Å². The summed E-state index contributed by atoms with van der Waals surface area (Å²) in [6.07, 6.45) is 1.43. The van der Waals surface area contributed by atoms with E-state index in [1.165, 1.54) is 6.20 Å². The Morgan fingerprint density at radius 3 is 2.31 bits per heavy atom. The fraction of sp³-hybridized carbons (Fsp3) is 0. The molecule has 0 saturated carbocycles. The summed E-state index contributed by atoms with van der Waals surface area (Å²) < 4.78 is 26.5. The van der Waals surface area contributed by atoms with Crippen molar-refractivity contribution in [2.24, 2.45) is 0 Å². The average molecular weight is 286 g/mol. The van der Waals surface area contributed by atoms with Crippen LogP contribution in [0.5, 0.6) is 0 Å². The van der Waals surface area contributed by atoms with E-state index in [1.54, 1.807) is 0 Å². The highest BCUT2D eigenvalue weighted by Crippen LogP contribution is 2.22. The second kappa shape index (κ2) is 4.13. The molecule has 0 fully saturated rings. The van der Waals surface area contributed by atoms with E-state index in [4.69, 9.17) is 5.73 Å². The summed E-state index contributed by atoms with van der Waals surface area (Å²) in [7, 11) is 0. The van der Waals surface area contributed by atoms with E-state index in [0.717, 1.165) is 18.2 Å². The van der Waals surface area contributed by atoms with Crippen LogP contribution in [0.15, 0.2) is 28.9 Å². The van der Waals surface area contributed by atoms with Crippen LogP contribution in [0, 0.1) is 11.6 Å². The number of halogens is 3. The Morgan fingerprint density at radius 2 is 1.75 bits per heavy atom. The largest absolute Gasteiger partial charge is 0.383 e. The van der Waals surface area contributed by atoms with Gasteiger partial charge in [-0.15, -0.1) is 0 Å². The summed E-state index contributed by atoms with van der Waals surface area (Å²) in [5.41, 5.74) is 5.80. The van der Waals surface area contributed by atoms with Gasteiger partial charge in [0.1, 0.15) is 17.5 Å².